The lowest BCUT2D eigenvalue weighted by Gasteiger charge is -2.05. The molecule has 1 fully saturated rings. The maximum atomic E-state index is 1.50. The Hall–Kier alpha value is 1.16. The standard InChI is InChI=1S/C4H8.4ClH/c1-2-4-3-1;;;;/h1-4H2;4*1H. The largest absolute Gasteiger partial charge is 0.147 e. The van der Waals surface area contributed by atoms with Gasteiger partial charge < -0.3 is 0 Å². The average molecular weight is 202 g/mol. The molecule has 1 rings (SSSR count). The fourth-order valence-electron chi connectivity index (χ4n) is 0.250. The molecule has 0 N–H and O–H groups in total. The first kappa shape index (κ1) is 22.9. The van der Waals surface area contributed by atoms with Crippen LogP contribution in [-0.2, 0) is 0 Å². The summed E-state index contributed by atoms with van der Waals surface area (Å²) in [7, 11) is 0. The molecule has 0 aromatic rings. The number of hydrogen-bond donors (Lipinski definition) is 0. The van der Waals surface area contributed by atoms with Crippen LogP contribution in [0.25, 0.3) is 0 Å². The summed E-state index contributed by atoms with van der Waals surface area (Å²) in [5.74, 6) is 0. The van der Waals surface area contributed by atoms with Gasteiger partial charge in [0.2, 0.25) is 0 Å². The molecular formula is C4H12Cl4. The highest BCUT2D eigenvalue weighted by Gasteiger charge is 1.95. The van der Waals surface area contributed by atoms with Gasteiger partial charge in [-0.15, -0.1) is 49.6 Å². The maximum Gasteiger partial charge on any atom is -0.0533 e. The van der Waals surface area contributed by atoms with Crippen molar-refractivity contribution in [2.24, 2.45) is 0 Å². The van der Waals surface area contributed by atoms with Crippen molar-refractivity contribution in [1.82, 2.24) is 0 Å². The lowest BCUT2D eigenvalue weighted by Crippen LogP contribution is -1.85. The van der Waals surface area contributed by atoms with Crippen LogP contribution in [0.4, 0.5) is 0 Å². The molecule has 0 nitrogen and oxygen atoms in total. The Morgan fingerprint density at radius 1 is 0.375 bits per heavy atom. The predicted molar refractivity (Wildman–Crippen MR) is 47.5 cm³/mol. The summed E-state index contributed by atoms with van der Waals surface area (Å²) in [6.07, 6.45) is 6.00. The summed E-state index contributed by atoms with van der Waals surface area (Å²) in [6.45, 7) is 0. The normalized spacial score (nSPS) is 12.0. The van der Waals surface area contributed by atoms with Gasteiger partial charge in [0, 0.05) is 0 Å². The Morgan fingerprint density at radius 2 is 0.500 bits per heavy atom. The molecule has 0 heterocycles. The number of halogens is 4. The third-order valence-electron chi connectivity index (χ3n) is 1.000. The van der Waals surface area contributed by atoms with Crippen molar-refractivity contribution in [1.29, 1.82) is 0 Å². The maximum absolute atomic E-state index is 1.50. The smallest absolute Gasteiger partial charge is 0.0533 e. The van der Waals surface area contributed by atoms with Crippen LogP contribution in [0.1, 0.15) is 25.7 Å². The molecule has 0 aromatic carbocycles. The Kier molecular flexibility index (Phi) is 45.0. The first-order valence-electron chi connectivity index (χ1n) is 2.00. The van der Waals surface area contributed by atoms with E-state index < -0.39 is 0 Å². The van der Waals surface area contributed by atoms with Crippen molar-refractivity contribution in [3.63, 3.8) is 0 Å². The van der Waals surface area contributed by atoms with Crippen molar-refractivity contribution in [3.8, 4) is 0 Å². The van der Waals surface area contributed by atoms with Gasteiger partial charge in [0.1, 0.15) is 0 Å². The molecule has 0 radical (unpaired) electrons. The van der Waals surface area contributed by atoms with Crippen molar-refractivity contribution >= 4 is 49.6 Å². The van der Waals surface area contributed by atoms with Gasteiger partial charge in [-0.05, 0) is 0 Å². The van der Waals surface area contributed by atoms with Crippen LogP contribution in [-0.4, -0.2) is 0 Å². The molecular weight excluding hydrogens is 190 g/mol. The Morgan fingerprint density at radius 3 is 0.500 bits per heavy atom. The van der Waals surface area contributed by atoms with Gasteiger partial charge in [-0.1, -0.05) is 25.7 Å². The zero-order valence-electron chi connectivity index (χ0n) is 4.46. The van der Waals surface area contributed by atoms with E-state index in [0.717, 1.165) is 0 Å². The molecule has 0 bridgehead atoms. The molecule has 56 valence electrons. The van der Waals surface area contributed by atoms with Gasteiger partial charge in [0.25, 0.3) is 0 Å². The van der Waals surface area contributed by atoms with Crippen molar-refractivity contribution in [2.75, 3.05) is 0 Å². The van der Waals surface area contributed by atoms with E-state index in [1.807, 2.05) is 0 Å². The molecule has 0 aromatic heterocycles. The summed E-state index contributed by atoms with van der Waals surface area (Å²) in [4.78, 5) is 0. The van der Waals surface area contributed by atoms with E-state index in [1.54, 1.807) is 0 Å². The van der Waals surface area contributed by atoms with E-state index in [1.165, 1.54) is 25.7 Å². The highest BCUT2D eigenvalue weighted by Crippen LogP contribution is 2.15. The van der Waals surface area contributed by atoms with Crippen LogP contribution < -0.4 is 0 Å². The van der Waals surface area contributed by atoms with Gasteiger partial charge in [-0.25, -0.2) is 0 Å². The number of hydrogen-bond acceptors (Lipinski definition) is 0. The first-order chi connectivity index (χ1) is 2.00. The molecule has 1 aliphatic rings. The van der Waals surface area contributed by atoms with E-state index in [2.05, 4.69) is 0 Å². The summed E-state index contributed by atoms with van der Waals surface area (Å²) < 4.78 is 0. The van der Waals surface area contributed by atoms with E-state index >= 15 is 0 Å². The monoisotopic (exact) mass is 200 g/mol. The van der Waals surface area contributed by atoms with Crippen LogP contribution in [0, 0.1) is 0 Å². The fraction of sp³-hybridized carbons (Fsp3) is 1.00. The third kappa shape index (κ3) is 10.2. The SMILES string of the molecule is C1CCC1.Cl.Cl.Cl.Cl. The van der Waals surface area contributed by atoms with Crippen LogP contribution >= 0.6 is 49.6 Å². The molecule has 0 unspecified atom stereocenters. The van der Waals surface area contributed by atoms with Gasteiger partial charge in [0.05, 0.1) is 0 Å². The summed E-state index contributed by atoms with van der Waals surface area (Å²) in [5, 5.41) is 0. The minimum Gasteiger partial charge on any atom is -0.147 e. The minimum atomic E-state index is 0. The van der Waals surface area contributed by atoms with E-state index in [0.29, 0.717) is 0 Å². The van der Waals surface area contributed by atoms with Crippen molar-refractivity contribution in [2.45, 2.75) is 25.7 Å². The molecule has 0 aliphatic heterocycles. The Labute approximate surface area is 75.4 Å². The zero-order chi connectivity index (χ0) is 2.83. The molecule has 1 saturated carbocycles. The second-order valence-corrected chi connectivity index (χ2v) is 1.41. The summed E-state index contributed by atoms with van der Waals surface area (Å²) in [5.41, 5.74) is 0. The molecule has 8 heavy (non-hydrogen) atoms. The van der Waals surface area contributed by atoms with E-state index in [4.69, 9.17) is 0 Å². The molecule has 0 atom stereocenters. The van der Waals surface area contributed by atoms with E-state index in [-0.39, 0.29) is 49.6 Å². The number of rotatable bonds is 0. The summed E-state index contributed by atoms with van der Waals surface area (Å²) >= 11 is 0. The zero-order valence-corrected chi connectivity index (χ0v) is 7.73. The van der Waals surface area contributed by atoms with Gasteiger partial charge in [0.15, 0.2) is 0 Å². The summed E-state index contributed by atoms with van der Waals surface area (Å²) in [6, 6.07) is 0. The van der Waals surface area contributed by atoms with Crippen LogP contribution in [0.15, 0.2) is 0 Å². The average Bonchev–Trinajstić information content (AvgIpc) is 0.722. The lowest BCUT2D eigenvalue weighted by molar-refractivity contribution is 0.504. The fourth-order valence-corrected chi connectivity index (χ4v) is 0.250. The second-order valence-electron chi connectivity index (χ2n) is 1.41. The van der Waals surface area contributed by atoms with Crippen LogP contribution in [0.2, 0.25) is 0 Å². The molecule has 0 spiro atoms. The van der Waals surface area contributed by atoms with Crippen molar-refractivity contribution in [3.05, 3.63) is 0 Å². The van der Waals surface area contributed by atoms with Gasteiger partial charge in [-0.3, -0.25) is 0 Å². The Bertz CT molecular complexity index is 16.0. The highest BCUT2D eigenvalue weighted by molar-refractivity contribution is 5.86. The molecule has 4 heteroatoms. The molecule has 0 amide bonds. The third-order valence-corrected chi connectivity index (χ3v) is 1.000. The molecule has 1 aliphatic carbocycles. The molecule has 0 saturated heterocycles. The Balaban J connectivity index is -0.0000000200. The predicted octanol–water partition coefficient (Wildman–Crippen LogP) is 3.25. The van der Waals surface area contributed by atoms with Crippen LogP contribution in [0.5, 0.6) is 0 Å². The van der Waals surface area contributed by atoms with Gasteiger partial charge >= 0.3 is 0 Å². The van der Waals surface area contributed by atoms with E-state index in [9.17, 15) is 0 Å². The quantitative estimate of drug-likeness (QED) is 0.565. The van der Waals surface area contributed by atoms with Crippen molar-refractivity contribution < 1.29 is 0 Å². The van der Waals surface area contributed by atoms with Crippen LogP contribution in [0.3, 0.4) is 0 Å². The lowest BCUT2D eigenvalue weighted by atomic mass is 10.0. The first-order valence-corrected chi connectivity index (χ1v) is 2.00. The highest BCUT2D eigenvalue weighted by atomic mass is 35.5. The topological polar surface area (TPSA) is 0 Å². The van der Waals surface area contributed by atoms with Gasteiger partial charge in [-0.2, -0.15) is 0 Å². The second kappa shape index (κ2) is 15.7. The minimum absolute atomic E-state index is 0.